The van der Waals surface area contributed by atoms with E-state index >= 15 is 0 Å². The third-order valence-electron chi connectivity index (χ3n) is 1.26. The molecule has 0 aliphatic heterocycles. The second-order valence-corrected chi connectivity index (χ2v) is 1.91. The maximum Gasteiger partial charge on any atom is 0.284 e. The molecule has 2 heterocycles. The first-order chi connectivity index (χ1) is 4.97. The molecular weight excluding hydrogens is 128 g/mol. The SMILES string of the molecule is [c]1nc(-c2ccc[nH]2)co1. The van der Waals surface area contributed by atoms with Crippen LogP contribution in [0.2, 0.25) is 0 Å². The first-order valence-electron chi connectivity index (χ1n) is 2.92. The average Bonchev–Trinajstić information content (AvgIpc) is 2.59. The first-order valence-corrected chi connectivity index (χ1v) is 2.92. The first kappa shape index (κ1) is 5.29. The summed E-state index contributed by atoms with van der Waals surface area (Å²) in [6.45, 7) is 0. The molecule has 1 radical (unpaired) electrons. The molecule has 0 aliphatic carbocycles. The van der Waals surface area contributed by atoms with Gasteiger partial charge in [-0.05, 0) is 12.1 Å². The summed E-state index contributed by atoms with van der Waals surface area (Å²) in [4.78, 5) is 6.83. The fourth-order valence-corrected chi connectivity index (χ4v) is 0.797. The Labute approximate surface area is 57.7 Å². The van der Waals surface area contributed by atoms with Crippen molar-refractivity contribution in [2.24, 2.45) is 0 Å². The van der Waals surface area contributed by atoms with Crippen LogP contribution in [0, 0.1) is 6.39 Å². The van der Waals surface area contributed by atoms with Crippen molar-refractivity contribution in [2.45, 2.75) is 0 Å². The molecule has 2 aromatic heterocycles. The van der Waals surface area contributed by atoms with Gasteiger partial charge in [0.1, 0.15) is 12.0 Å². The highest BCUT2D eigenvalue weighted by Crippen LogP contribution is 2.12. The minimum Gasteiger partial charge on any atom is -0.440 e. The number of aromatic nitrogens is 2. The second-order valence-electron chi connectivity index (χ2n) is 1.91. The zero-order chi connectivity index (χ0) is 6.81. The summed E-state index contributed by atoms with van der Waals surface area (Å²) < 4.78 is 4.68. The van der Waals surface area contributed by atoms with Crippen LogP contribution in [-0.2, 0) is 0 Å². The van der Waals surface area contributed by atoms with Crippen LogP contribution in [0.1, 0.15) is 0 Å². The van der Waals surface area contributed by atoms with E-state index in [1.54, 1.807) is 6.26 Å². The van der Waals surface area contributed by atoms with Gasteiger partial charge >= 0.3 is 0 Å². The Bertz CT molecular complexity index is 251. The Morgan fingerprint density at radius 3 is 3.20 bits per heavy atom. The number of hydrogen-bond acceptors (Lipinski definition) is 2. The van der Waals surface area contributed by atoms with Gasteiger partial charge in [0.15, 0.2) is 0 Å². The average molecular weight is 133 g/mol. The van der Waals surface area contributed by atoms with E-state index in [0.29, 0.717) is 0 Å². The summed E-state index contributed by atoms with van der Waals surface area (Å²) in [6.07, 6.45) is 5.76. The lowest BCUT2D eigenvalue weighted by molar-refractivity contribution is 0.548. The fourth-order valence-electron chi connectivity index (χ4n) is 0.797. The normalized spacial score (nSPS) is 10.0. The number of aromatic amines is 1. The van der Waals surface area contributed by atoms with Crippen molar-refractivity contribution in [1.82, 2.24) is 9.97 Å². The highest BCUT2D eigenvalue weighted by atomic mass is 16.3. The van der Waals surface area contributed by atoms with E-state index in [0.717, 1.165) is 11.4 Å². The molecule has 0 bridgehead atoms. The Morgan fingerprint density at radius 1 is 1.60 bits per heavy atom. The van der Waals surface area contributed by atoms with Gasteiger partial charge in [-0.25, -0.2) is 4.98 Å². The Morgan fingerprint density at radius 2 is 2.60 bits per heavy atom. The highest BCUT2D eigenvalue weighted by molar-refractivity contribution is 5.51. The van der Waals surface area contributed by atoms with Crippen molar-refractivity contribution in [3.05, 3.63) is 31.0 Å². The Kier molecular flexibility index (Phi) is 1.07. The molecule has 1 N–H and O–H groups in total. The number of oxazole rings is 1. The predicted octanol–water partition coefficient (Wildman–Crippen LogP) is 1.47. The highest BCUT2D eigenvalue weighted by Gasteiger charge is 1.98. The zero-order valence-electron chi connectivity index (χ0n) is 5.16. The molecule has 10 heavy (non-hydrogen) atoms. The summed E-state index contributed by atoms with van der Waals surface area (Å²) in [7, 11) is 0. The molecule has 2 rings (SSSR count). The zero-order valence-corrected chi connectivity index (χ0v) is 5.16. The van der Waals surface area contributed by atoms with E-state index in [9.17, 15) is 0 Å². The minimum atomic E-state index is 0.782. The van der Waals surface area contributed by atoms with Crippen molar-refractivity contribution in [3.8, 4) is 11.4 Å². The number of nitrogens with zero attached hydrogens (tertiary/aromatic N) is 1. The van der Waals surface area contributed by atoms with Crippen molar-refractivity contribution >= 4 is 0 Å². The van der Waals surface area contributed by atoms with Crippen molar-refractivity contribution < 1.29 is 4.42 Å². The Hall–Kier alpha value is -1.51. The van der Waals surface area contributed by atoms with Crippen LogP contribution in [0.15, 0.2) is 29.0 Å². The van der Waals surface area contributed by atoms with Crippen LogP contribution in [-0.4, -0.2) is 9.97 Å². The standard InChI is InChI=1S/C7H5N2O/c1-2-6(8-3-1)7-4-10-5-9-7/h1-4,8H. The lowest BCUT2D eigenvalue weighted by Crippen LogP contribution is -1.73. The van der Waals surface area contributed by atoms with Gasteiger partial charge in [-0.3, -0.25) is 0 Å². The van der Waals surface area contributed by atoms with Gasteiger partial charge in [0.25, 0.3) is 6.39 Å². The number of rotatable bonds is 1. The van der Waals surface area contributed by atoms with Gasteiger partial charge in [-0.15, -0.1) is 0 Å². The van der Waals surface area contributed by atoms with Gasteiger partial charge in [-0.1, -0.05) is 0 Å². The minimum absolute atomic E-state index is 0.782. The topological polar surface area (TPSA) is 41.8 Å². The van der Waals surface area contributed by atoms with Crippen LogP contribution in [0.3, 0.4) is 0 Å². The van der Waals surface area contributed by atoms with Crippen LogP contribution >= 0.6 is 0 Å². The van der Waals surface area contributed by atoms with Gasteiger partial charge < -0.3 is 9.40 Å². The summed E-state index contributed by atoms with van der Waals surface area (Å²) in [5.74, 6) is 0. The molecule has 3 heteroatoms. The summed E-state index contributed by atoms with van der Waals surface area (Å²) in [5.41, 5.74) is 1.73. The molecule has 0 amide bonds. The molecule has 0 atom stereocenters. The molecule has 0 unspecified atom stereocenters. The molecule has 0 saturated carbocycles. The van der Waals surface area contributed by atoms with Gasteiger partial charge in [0.2, 0.25) is 0 Å². The molecular formula is C7H5N2O. The van der Waals surface area contributed by atoms with Gasteiger partial charge in [0.05, 0.1) is 5.69 Å². The molecule has 49 valence electrons. The van der Waals surface area contributed by atoms with Crippen LogP contribution in [0.25, 0.3) is 11.4 Å². The molecule has 0 aliphatic rings. The lowest BCUT2D eigenvalue weighted by atomic mass is 10.3. The molecule has 0 aromatic carbocycles. The van der Waals surface area contributed by atoms with E-state index < -0.39 is 0 Å². The quantitative estimate of drug-likeness (QED) is 0.640. The van der Waals surface area contributed by atoms with Crippen LogP contribution in [0.4, 0.5) is 0 Å². The summed E-state index contributed by atoms with van der Waals surface area (Å²) >= 11 is 0. The molecule has 0 saturated heterocycles. The predicted molar refractivity (Wildman–Crippen MR) is 35.1 cm³/mol. The molecule has 0 fully saturated rings. The Balaban J connectivity index is 2.48. The second kappa shape index (κ2) is 2.02. The maximum absolute atomic E-state index is 4.68. The van der Waals surface area contributed by atoms with E-state index in [1.165, 1.54) is 0 Å². The summed E-state index contributed by atoms with van der Waals surface area (Å²) in [6, 6.07) is 3.83. The van der Waals surface area contributed by atoms with E-state index in [2.05, 4.69) is 20.8 Å². The van der Waals surface area contributed by atoms with Gasteiger partial charge in [-0.2, -0.15) is 0 Å². The molecule has 2 aromatic rings. The third kappa shape index (κ3) is 0.719. The van der Waals surface area contributed by atoms with Crippen molar-refractivity contribution in [3.63, 3.8) is 0 Å². The van der Waals surface area contributed by atoms with Crippen LogP contribution < -0.4 is 0 Å². The lowest BCUT2D eigenvalue weighted by Gasteiger charge is -1.83. The monoisotopic (exact) mass is 133 g/mol. The molecule has 0 spiro atoms. The van der Waals surface area contributed by atoms with Crippen molar-refractivity contribution in [1.29, 1.82) is 0 Å². The van der Waals surface area contributed by atoms with E-state index in [4.69, 9.17) is 0 Å². The number of H-pyrrole nitrogens is 1. The number of nitrogens with one attached hydrogen (secondary N) is 1. The van der Waals surface area contributed by atoms with E-state index in [-0.39, 0.29) is 0 Å². The third-order valence-corrected chi connectivity index (χ3v) is 1.26. The maximum atomic E-state index is 4.68. The van der Waals surface area contributed by atoms with E-state index in [1.807, 2.05) is 18.3 Å². The fraction of sp³-hybridized carbons (Fsp3) is 0. The summed E-state index contributed by atoms with van der Waals surface area (Å²) in [5, 5.41) is 0. The van der Waals surface area contributed by atoms with Crippen LogP contribution in [0.5, 0.6) is 0 Å². The number of hydrogen-bond donors (Lipinski definition) is 1. The van der Waals surface area contributed by atoms with Crippen molar-refractivity contribution in [2.75, 3.05) is 0 Å². The largest absolute Gasteiger partial charge is 0.440 e. The smallest absolute Gasteiger partial charge is 0.284 e. The molecule has 3 nitrogen and oxygen atoms in total. The van der Waals surface area contributed by atoms with Gasteiger partial charge in [0, 0.05) is 6.20 Å².